The van der Waals surface area contributed by atoms with Crippen molar-refractivity contribution >= 4 is 27.5 Å². The second kappa shape index (κ2) is 8.32. The summed E-state index contributed by atoms with van der Waals surface area (Å²) in [6.45, 7) is 3.42. The second-order valence-electron chi connectivity index (χ2n) is 6.40. The minimum absolute atomic E-state index is 0.116. The van der Waals surface area contributed by atoms with Gasteiger partial charge in [-0.05, 0) is 54.8 Å². The van der Waals surface area contributed by atoms with Crippen molar-refractivity contribution in [3.8, 4) is 0 Å². The van der Waals surface area contributed by atoms with Crippen molar-refractivity contribution < 1.29 is 18.0 Å². The topological polar surface area (TPSA) is 110 Å². The van der Waals surface area contributed by atoms with E-state index in [2.05, 4.69) is 5.32 Å². The number of nitrogens with zero attached hydrogens (tertiary/aromatic N) is 1. The molecule has 0 spiro atoms. The van der Waals surface area contributed by atoms with E-state index in [-0.39, 0.29) is 17.9 Å². The van der Waals surface area contributed by atoms with Crippen molar-refractivity contribution in [2.45, 2.75) is 25.2 Å². The summed E-state index contributed by atoms with van der Waals surface area (Å²) in [5.74, 6) is -0.905. The fraction of sp³-hybridized carbons (Fsp3) is 0.263. The third-order valence-electron chi connectivity index (χ3n) is 4.17. The Labute approximate surface area is 159 Å². The molecule has 0 fully saturated rings. The third kappa shape index (κ3) is 5.38. The minimum atomic E-state index is -3.76. The van der Waals surface area contributed by atoms with Gasteiger partial charge in [-0.15, -0.1) is 0 Å². The number of carbonyl (C=O) groups is 2. The number of likely N-dealkylation sites (N-methyl/N-ethyl adjacent to an activating group) is 1. The lowest BCUT2D eigenvalue weighted by Gasteiger charge is -2.17. The van der Waals surface area contributed by atoms with Gasteiger partial charge in [0.25, 0.3) is 0 Å². The average molecular weight is 389 g/mol. The second-order valence-corrected chi connectivity index (χ2v) is 8.44. The Balaban J connectivity index is 2.03. The van der Waals surface area contributed by atoms with Crippen LogP contribution in [0, 0.1) is 13.8 Å². The molecule has 0 radical (unpaired) electrons. The summed E-state index contributed by atoms with van der Waals surface area (Å²) < 4.78 is 26.3. The first-order valence-electron chi connectivity index (χ1n) is 8.30. The Hall–Kier alpha value is -2.71. The number of primary amides is 1. The van der Waals surface area contributed by atoms with Crippen molar-refractivity contribution in [1.82, 2.24) is 4.31 Å². The Morgan fingerprint density at radius 3 is 2.22 bits per heavy atom. The number of nitrogens with one attached hydrogen (secondary N) is 1. The van der Waals surface area contributed by atoms with E-state index in [4.69, 9.17) is 5.73 Å². The maximum atomic E-state index is 12.6. The van der Waals surface area contributed by atoms with E-state index in [1.54, 1.807) is 36.4 Å². The first-order chi connectivity index (χ1) is 12.6. The molecule has 2 aromatic carbocycles. The lowest BCUT2D eigenvalue weighted by atomic mass is 10.1. The highest BCUT2D eigenvalue weighted by molar-refractivity contribution is 7.89. The van der Waals surface area contributed by atoms with Crippen LogP contribution in [0.1, 0.15) is 16.7 Å². The Morgan fingerprint density at radius 1 is 1.04 bits per heavy atom. The number of carbonyl (C=O) groups excluding carboxylic acids is 2. The normalized spacial score (nSPS) is 11.4. The van der Waals surface area contributed by atoms with Crippen LogP contribution in [0.25, 0.3) is 0 Å². The van der Waals surface area contributed by atoms with Crippen LogP contribution >= 0.6 is 0 Å². The van der Waals surface area contributed by atoms with Crippen LogP contribution in [-0.2, 0) is 26.0 Å². The molecule has 0 bridgehead atoms. The van der Waals surface area contributed by atoms with Gasteiger partial charge in [-0.2, -0.15) is 4.31 Å². The smallest absolute Gasteiger partial charge is 0.243 e. The Kier molecular flexibility index (Phi) is 6.35. The van der Waals surface area contributed by atoms with E-state index in [0.717, 1.165) is 21.0 Å². The number of aryl methyl sites for hydroxylation is 2. The number of sulfonamides is 1. The predicted molar refractivity (Wildman–Crippen MR) is 104 cm³/mol. The maximum absolute atomic E-state index is 12.6. The lowest BCUT2D eigenvalue weighted by molar-refractivity contribution is -0.117. The monoisotopic (exact) mass is 389 g/mol. The summed E-state index contributed by atoms with van der Waals surface area (Å²) in [5.41, 5.74) is 8.23. The zero-order valence-electron chi connectivity index (χ0n) is 15.5. The first-order valence-corrected chi connectivity index (χ1v) is 9.74. The molecule has 8 heteroatoms. The van der Waals surface area contributed by atoms with Gasteiger partial charge in [-0.1, -0.05) is 18.2 Å². The highest BCUT2D eigenvalue weighted by atomic mass is 32.2. The van der Waals surface area contributed by atoms with E-state index in [9.17, 15) is 18.0 Å². The highest BCUT2D eigenvalue weighted by Gasteiger charge is 2.23. The number of rotatable bonds is 7. The molecule has 0 aromatic heterocycles. The van der Waals surface area contributed by atoms with Gasteiger partial charge in [0.15, 0.2) is 0 Å². The zero-order chi connectivity index (χ0) is 20.2. The molecule has 7 nitrogen and oxygen atoms in total. The van der Waals surface area contributed by atoms with Crippen LogP contribution in [-0.4, -0.2) is 38.1 Å². The molecule has 2 aromatic rings. The molecular weight excluding hydrogens is 366 g/mol. The lowest BCUT2D eigenvalue weighted by Crippen LogP contribution is -2.35. The van der Waals surface area contributed by atoms with Crippen LogP contribution in [0.5, 0.6) is 0 Å². The minimum Gasteiger partial charge on any atom is -0.369 e. The zero-order valence-corrected chi connectivity index (χ0v) is 16.3. The van der Waals surface area contributed by atoms with Gasteiger partial charge in [-0.25, -0.2) is 8.42 Å². The van der Waals surface area contributed by atoms with E-state index in [1.165, 1.54) is 13.1 Å². The van der Waals surface area contributed by atoms with Crippen molar-refractivity contribution in [2.75, 3.05) is 18.9 Å². The van der Waals surface area contributed by atoms with Gasteiger partial charge < -0.3 is 11.1 Å². The molecule has 27 heavy (non-hydrogen) atoms. The van der Waals surface area contributed by atoms with Crippen molar-refractivity contribution in [1.29, 1.82) is 0 Å². The summed E-state index contributed by atoms with van der Waals surface area (Å²) in [6.07, 6.45) is 0.116. The molecule has 2 amide bonds. The molecule has 0 aliphatic rings. The van der Waals surface area contributed by atoms with Crippen LogP contribution in [0.15, 0.2) is 47.4 Å². The van der Waals surface area contributed by atoms with E-state index >= 15 is 0 Å². The number of benzene rings is 2. The third-order valence-corrected chi connectivity index (χ3v) is 5.97. The van der Waals surface area contributed by atoms with Gasteiger partial charge in [0.1, 0.15) is 0 Å². The van der Waals surface area contributed by atoms with E-state index < -0.39 is 21.8 Å². The molecule has 0 aliphatic heterocycles. The molecule has 0 saturated heterocycles. The molecule has 2 rings (SSSR count). The van der Waals surface area contributed by atoms with Crippen LogP contribution in [0.3, 0.4) is 0 Å². The SMILES string of the molecule is Cc1ccc(S(=O)(=O)N(C)CC(=O)Nc2ccc(CC(N)=O)cc2)cc1C. The molecule has 3 N–H and O–H groups in total. The maximum Gasteiger partial charge on any atom is 0.243 e. The van der Waals surface area contributed by atoms with Gasteiger partial charge in [0.2, 0.25) is 21.8 Å². The van der Waals surface area contributed by atoms with Gasteiger partial charge >= 0.3 is 0 Å². The standard InChI is InChI=1S/C19H23N3O4S/c1-13-4-9-17(10-14(13)2)27(25,26)22(3)12-19(24)21-16-7-5-15(6-8-16)11-18(20)23/h4-10H,11-12H2,1-3H3,(H2,20,23)(H,21,24). The summed E-state index contributed by atoms with van der Waals surface area (Å²) in [4.78, 5) is 23.2. The quantitative estimate of drug-likeness (QED) is 0.749. The number of nitrogens with two attached hydrogens (primary N) is 1. The fourth-order valence-electron chi connectivity index (χ4n) is 2.45. The van der Waals surface area contributed by atoms with Crippen molar-refractivity contribution in [3.63, 3.8) is 0 Å². The van der Waals surface area contributed by atoms with Crippen molar-refractivity contribution in [3.05, 3.63) is 59.2 Å². The van der Waals surface area contributed by atoms with Crippen molar-refractivity contribution in [2.24, 2.45) is 5.73 Å². The number of anilines is 1. The highest BCUT2D eigenvalue weighted by Crippen LogP contribution is 2.18. The average Bonchev–Trinajstić information content (AvgIpc) is 2.58. The molecule has 144 valence electrons. The largest absolute Gasteiger partial charge is 0.369 e. The van der Waals surface area contributed by atoms with Crippen LogP contribution in [0.2, 0.25) is 0 Å². The Bertz CT molecular complexity index is 953. The molecule has 0 unspecified atom stereocenters. The first kappa shape index (κ1) is 20.6. The summed E-state index contributed by atoms with van der Waals surface area (Å²) in [7, 11) is -2.40. The number of amides is 2. The van der Waals surface area contributed by atoms with E-state index in [1.807, 2.05) is 13.8 Å². The predicted octanol–water partition coefficient (Wildman–Crippen LogP) is 1.59. The molecule has 0 atom stereocenters. The number of hydrogen-bond donors (Lipinski definition) is 2. The summed E-state index contributed by atoms with van der Waals surface area (Å²) >= 11 is 0. The van der Waals surface area contributed by atoms with Crippen LogP contribution < -0.4 is 11.1 Å². The summed E-state index contributed by atoms with van der Waals surface area (Å²) in [5, 5.41) is 2.64. The molecule has 0 aliphatic carbocycles. The van der Waals surface area contributed by atoms with Gasteiger partial charge in [0.05, 0.1) is 17.9 Å². The fourth-order valence-corrected chi connectivity index (χ4v) is 3.66. The molecule has 0 heterocycles. The molecular formula is C19H23N3O4S. The number of hydrogen-bond acceptors (Lipinski definition) is 4. The Morgan fingerprint density at radius 2 is 1.67 bits per heavy atom. The summed E-state index contributed by atoms with van der Waals surface area (Å²) in [6, 6.07) is 11.5. The van der Waals surface area contributed by atoms with E-state index in [0.29, 0.717) is 5.69 Å². The van der Waals surface area contributed by atoms with Gasteiger partial charge in [-0.3, -0.25) is 9.59 Å². The molecule has 0 saturated carbocycles. The van der Waals surface area contributed by atoms with Crippen LogP contribution in [0.4, 0.5) is 5.69 Å². The van der Waals surface area contributed by atoms with Gasteiger partial charge in [0, 0.05) is 12.7 Å².